The van der Waals surface area contributed by atoms with E-state index in [1.807, 2.05) is 31.2 Å². The van der Waals surface area contributed by atoms with Crippen LogP contribution in [0.2, 0.25) is 0 Å². The lowest BCUT2D eigenvalue weighted by Gasteiger charge is -2.19. The predicted octanol–water partition coefficient (Wildman–Crippen LogP) is 2.15. The minimum Gasteiger partial charge on any atom is -0.327 e. The van der Waals surface area contributed by atoms with Crippen LogP contribution in [0.25, 0.3) is 0 Å². The van der Waals surface area contributed by atoms with Crippen LogP contribution in [-0.4, -0.2) is 19.0 Å². The molecule has 1 aromatic carbocycles. The number of rotatable bonds is 3. The number of halogens is 1. The first kappa shape index (κ1) is 12.2. The van der Waals surface area contributed by atoms with Crippen LogP contribution >= 0.6 is 15.9 Å². The molecule has 0 heterocycles. The summed E-state index contributed by atoms with van der Waals surface area (Å²) in [6.45, 7) is 1.83. The zero-order chi connectivity index (χ0) is 11.4. The van der Waals surface area contributed by atoms with Crippen molar-refractivity contribution in [3.8, 4) is 0 Å². The Labute approximate surface area is 98.4 Å². The van der Waals surface area contributed by atoms with Crippen molar-refractivity contribution >= 4 is 27.5 Å². The SMILES string of the molecule is CC(N)CC(=O)N(C)c1ccccc1Br. The second-order valence-corrected chi connectivity index (χ2v) is 4.44. The highest BCUT2D eigenvalue weighted by Crippen LogP contribution is 2.25. The molecule has 1 amide bonds. The maximum Gasteiger partial charge on any atom is 0.228 e. The van der Waals surface area contributed by atoms with Gasteiger partial charge < -0.3 is 10.6 Å². The molecule has 0 radical (unpaired) electrons. The molecule has 2 N–H and O–H groups in total. The van der Waals surface area contributed by atoms with Gasteiger partial charge in [0.25, 0.3) is 0 Å². The zero-order valence-electron chi connectivity index (χ0n) is 8.90. The Morgan fingerprint density at radius 2 is 2.13 bits per heavy atom. The summed E-state index contributed by atoms with van der Waals surface area (Å²) < 4.78 is 0.908. The molecule has 15 heavy (non-hydrogen) atoms. The third-order valence-corrected chi connectivity index (χ3v) is 2.76. The van der Waals surface area contributed by atoms with E-state index in [4.69, 9.17) is 5.73 Å². The van der Waals surface area contributed by atoms with Crippen molar-refractivity contribution in [1.29, 1.82) is 0 Å². The fourth-order valence-corrected chi connectivity index (χ4v) is 1.82. The number of amides is 1. The van der Waals surface area contributed by atoms with Crippen molar-refractivity contribution in [1.82, 2.24) is 0 Å². The minimum absolute atomic E-state index is 0.0249. The van der Waals surface area contributed by atoms with Crippen LogP contribution in [0.3, 0.4) is 0 Å². The van der Waals surface area contributed by atoms with Crippen LogP contribution in [0.4, 0.5) is 5.69 Å². The highest BCUT2D eigenvalue weighted by molar-refractivity contribution is 9.10. The summed E-state index contributed by atoms with van der Waals surface area (Å²) >= 11 is 3.41. The number of para-hydroxylation sites is 1. The van der Waals surface area contributed by atoms with E-state index in [2.05, 4.69) is 15.9 Å². The van der Waals surface area contributed by atoms with Gasteiger partial charge in [0, 0.05) is 24.0 Å². The monoisotopic (exact) mass is 270 g/mol. The second kappa shape index (κ2) is 5.28. The first-order chi connectivity index (χ1) is 7.02. The quantitative estimate of drug-likeness (QED) is 0.915. The van der Waals surface area contributed by atoms with Gasteiger partial charge in [-0.2, -0.15) is 0 Å². The van der Waals surface area contributed by atoms with E-state index in [9.17, 15) is 4.79 Å². The van der Waals surface area contributed by atoms with Gasteiger partial charge in [-0.25, -0.2) is 0 Å². The standard InChI is InChI=1S/C11H15BrN2O/c1-8(13)7-11(15)14(2)10-6-4-3-5-9(10)12/h3-6,8H,7,13H2,1-2H3. The number of hydrogen-bond donors (Lipinski definition) is 1. The molecule has 1 rings (SSSR count). The average Bonchev–Trinajstić information content (AvgIpc) is 2.16. The first-order valence-corrected chi connectivity index (χ1v) is 5.58. The van der Waals surface area contributed by atoms with Gasteiger partial charge >= 0.3 is 0 Å². The van der Waals surface area contributed by atoms with E-state index >= 15 is 0 Å². The lowest BCUT2D eigenvalue weighted by molar-refractivity contribution is -0.118. The molecular weight excluding hydrogens is 256 g/mol. The van der Waals surface area contributed by atoms with Crippen molar-refractivity contribution in [2.45, 2.75) is 19.4 Å². The summed E-state index contributed by atoms with van der Waals surface area (Å²) in [5.74, 6) is 0.0249. The third-order valence-electron chi connectivity index (χ3n) is 2.08. The van der Waals surface area contributed by atoms with Gasteiger partial charge in [-0.1, -0.05) is 12.1 Å². The molecule has 0 aliphatic heterocycles. The Balaban J connectivity index is 2.81. The average molecular weight is 271 g/mol. The number of benzene rings is 1. The van der Waals surface area contributed by atoms with E-state index in [0.717, 1.165) is 10.2 Å². The molecule has 0 aliphatic carbocycles. The number of nitrogens with two attached hydrogens (primary N) is 1. The summed E-state index contributed by atoms with van der Waals surface area (Å²) in [6.07, 6.45) is 0.359. The Morgan fingerprint density at radius 3 is 2.67 bits per heavy atom. The molecule has 1 atom stereocenters. The van der Waals surface area contributed by atoms with E-state index in [1.54, 1.807) is 11.9 Å². The molecule has 0 bridgehead atoms. The van der Waals surface area contributed by atoms with Gasteiger partial charge in [0.2, 0.25) is 5.91 Å². The van der Waals surface area contributed by atoms with Gasteiger partial charge in [0.05, 0.1) is 5.69 Å². The van der Waals surface area contributed by atoms with Gasteiger partial charge in [-0.05, 0) is 35.0 Å². The fourth-order valence-electron chi connectivity index (χ4n) is 1.27. The molecule has 0 spiro atoms. The van der Waals surface area contributed by atoms with Gasteiger partial charge in [0.1, 0.15) is 0 Å². The first-order valence-electron chi connectivity index (χ1n) is 4.79. The van der Waals surface area contributed by atoms with Crippen molar-refractivity contribution in [3.63, 3.8) is 0 Å². The molecule has 1 aromatic rings. The Hall–Kier alpha value is -0.870. The summed E-state index contributed by atoms with van der Waals surface area (Å²) in [5.41, 5.74) is 6.45. The van der Waals surface area contributed by atoms with Crippen LogP contribution < -0.4 is 10.6 Å². The number of hydrogen-bond acceptors (Lipinski definition) is 2. The highest BCUT2D eigenvalue weighted by atomic mass is 79.9. The van der Waals surface area contributed by atoms with Crippen LogP contribution in [0.1, 0.15) is 13.3 Å². The smallest absolute Gasteiger partial charge is 0.228 e. The Kier molecular flexibility index (Phi) is 4.29. The lowest BCUT2D eigenvalue weighted by Crippen LogP contribution is -2.31. The number of carbonyl (C=O) groups is 1. The summed E-state index contributed by atoms with van der Waals surface area (Å²) in [6, 6.07) is 7.50. The Bertz CT molecular complexity index is 352. The van der Waals surface area contributed by atoms with E-state index in [-0.39, 0.29) is 11.9 Å². The van der Waals surface area contributed by atoms with Crippen LogP contribution in [-0.2, 0) is 4.79 Å². The molecule has 0 fully saturated rings. The number of carbonyl (C=O) groups excluding carboxylic acids is 1. The van der Waals surface area contributed by atoms with Crippen molar-refractivity contribution in [3.05, 3.63) is 28.7 Å². The maximum atomic E-state index is 11.7. The molecule has 4 heteroatoms. The third kappa shape index (κ3) is 3.32. The van der Waals surface area contributed by atoms with E-state index in [0.29, 0.717) is 6.42 Å². The minimum atomic E-state index is -0.109. The van der Waals surface area contributed by atoms with E-state index < -0.39 is 0 Å². The van der Waals surface area contributed by atoms with Gasteiger partial charge in [-0.3, -0.25) is 4.79 Å². The largest absolute Gasteiger partial charge is 0.327 e. The molecule has 82 valence electrons. The predicted molar refractivity (Wildman–Crippen MR) is 65.8 cm³/mol. The molecule has 0 saturated carbocycles. The van der Waals surface area contributed by atoms with Crippen LogP contribution in [0.5, 0.6) is 0 Å². The number of nitrogens with zero attached hydrogens (tertiary/aromatic N) is 1. The summed E-state index contributed by atoms with van der Waals surface area (Å²) in [7, 11) is 1.75. The summed E-state index contributed by atoms with van der Waals surface area (Å²) in [4.78, 5) is 13.3. The van der Waals surface area contributed by atoms with Crippen LogP contribution in [0.15, 0.2) is 28.7 Å². The lowest BCUT2D eigenvalue weighted by atomic mass is 10.2. The highest BCUT2D eigenvalue weighted by Gasteiger charge is 2.14. The van der Waals surface area contributed by atoms with Crippen molar-refractivity contribution in [2.24, 2.45) is 5.73 Å². The molecule has 1 unspecified atom stereocenters. The number of anilines is 1. The molecule has 0 saturated heterocycles. The fraction of sp³-hybridized carbons (Fsp3) is 0.364. The molecule has 0 aliphatic rings. The molecule has 0 aromatic heterocycles. The van der Waals surface area contributed by atoms with Crippen LogP contribution in [0, 0.1) is 0 Å². The topological polar surface area (TPSA) is 46.3 Å². The molecule has 3 nitrogen and oxygen atoms in total. The second-order valence-electron chi connectivity index (χ2n) is 3.59. The van der Waals surface area contributed by atoms with Crippen molar-refractivity contribution < 1.29 is 4.79 Å². The summed E-state index contributed by atoms with van der Waals surface area (Å²) in [5, 5.41) is 0. The Morgan fingerprint density at radius 1 is 1.53 bits per heavy atom. The van der Waals surface area contributed by atoms with E-state index in [1.165, 1.54) is 0 Å². The van der Waals surface area contributed by atoms with Gasteiger partial charge in [-0.15, -0.1) is 0 Å². The maximum absolute atomic E-state index is 11.7. The zero-order valence-corrected chi connectivity index (χ0v) is 10.5. The van der Waals surface area contributed by atoms with Gasteiger partial charge in [0.15, 0.2) is 0 Å². The van der Waals surface area contributed by atoms with Crippen molar-refractivity contribution in [2.75, 3.05) is 11.9 Å². The normalized spacial score (nSPS) is 12.3. The molecular formula is C11H15BrN2O.